The van der Waals surface area contributed by atoms with Crippen molar-refractivity contribution in [2.45, 2.75) is 0 Å². The lowest BCUT2D eigenvalue weighted by molar-refractivity contribution is -0.131. The number of rotatable bonds is 0. The third-order valence-corrected chi connectivity index (χ3v) is 1.09. The molecule has 0 aromatic heterocycles. The number of allylic oxidation sites excluding steroid dienone is 2. The van der Waals surface area contributed by atoms with Crippen molar-refractivity contribution in [3.05, 3.63) is 23.6 Å². The highest BCUT2D eigenvalue weighted by Crippen LogP contribution is 2.05. The normalized spacial score (nSPS) is 18.4. The van der Waals surface area contributed by atoms with E-state index in [1.54, 1.807) is 0 Å². The van der Waals surface area contributed by atoms with Gasteiger partial charge in [-0.3, -0.25) is 9.59 Å². The van der Waals surface area contributed by atoms with Crippen LogP contribution in [0.15, 0.2) is 23.6 Å². The molecule has 0 amide bonds. The lowest BCUT2D eigenvalue weighted by Crippen LogP contribution is -2.18. The van der Waals surface area contributed by atoms with Crippen LogP contribution in [-0.2, 0) is 9.59 Å². The van der Waals surface area contributed by atoms with Crippen molar-refractivity contribution in [3.8, 4) is 0 Å². The van der Waals surface area contributed by atoms with E-state index >= 15 is 0 Å². The van der Waals surface area contributed by atoms with E-state index in [9.17, 15) is 9.59 Å². The van der Waals surface area contributed by atoms with Gasteiger partial charge in [-0.15, -0.1) is 0 Å². The van der Waals surface area contributed by atoms with Crippen molar-refractivity contribution in [2.24, 2.45) is 5.73 Å². The molecule has 1 aliphatic carbocycles. The monoisotopic (exact) mass is 139 g/mol. The summed E-state index contributed by atoms with van der Waals surface area (Å²) in [6.45, 7) is 0. The SMILES string of the molecule is NC1=CC(=O)C(=O)C=C1O. The van der Waals surface area contributed by atoms with Crippen LogP contribution in [0.3, 0.4) is 0 Å². The molecule has 0 unspecified atom stereocenters. The first-order valence-electron chi connectivity index (χ1n) is 2.58. The van der Waals surface area contributed by atoms with E-state index in [0.717, 1.165) is 12.2 Å². The topological polar surface area (TPSA) is 80.4 Å². The van der Waals surface area contributed by atoms with Crippen LogP contribution in [0.5, 0.6) is 0 Å². The molecule has 0 aliphatic heterocycles. The van der Waals surface area contributed by atoms with Crippen LogP contribution >= 0.6 is 0 Å². The van der Waals surface area contributed by atoms with Crippen molar-refractivity contribution >= 4 is 11.6 Å². The average molecular weight is 139 g/mol. The molecule has 0 aromatic carbocycles. The van der Waals surface area contributed by atoms with Gasteiger partial charge in [-0.05, 0) is 0 Å². The molecule has 0 saturated carbocycles. The summed E-state index contributed by atoms with van der Waals surface area (Å²) in [6.07, 6.45) is 1.70. The molecule has 0 heterocycles. The van der Waals surface area contributed by atoms with Gasteiger partial charge in [0.1, 0.15) is 5.76 Å². The maximum absolute atomic E-state index is 10.5. The second kappa shape index (κ2) is 1.98. The molecule has 0 saturated heterocycles. The van der Waals surface area contributed by atoms with Crippen LogP contribution in [0.25, 0.3) is 0 Å². The highest BCUT2D eigenvalue weighted by molar-refractivity contribution is 6.46. The van der Waals surface area contributed by atoms with E-state index in [-0.39, 0.29) is 11.5 Å². The zero-order valence-corrected chi connectivity index (χ0v) is 5.00. The van der Waals surface area contributed by atoms with Gasteiger partial charge in [-0.25, -0.2) is 0 Å². The Hall–Kier alpha value is -1.58. The minimum absolute atomic E-state index is 0.0652. The van der Waals surface area contributed by atoms with Crippen LogP contribution < -0.4 is 5.73 Å². The summed E-state index contributed by atoms with van der Waals surface area (Å²) in [7, 11) is 0. The standard InChI is InChI=1S/C6H5NO3/c7-3-1-5(9)6(10)2-4(3)8/h1-2,8H,7H2. The second-order valence-electron chi connectivity index (χ2n) is 1.86. The van der Waals surface area contributed by atoms with Gasteiger partial charge < -0.3 is 10.8 Å². The van der Waals surface area contributed by atoms with E-state index in [0.29, 0.717) is 0 Å². The van der Waals surface area contributed by atoms with E-state index in [1.165, 1.54) is 0 Å². The predicted octanol–water partition coefficient (Wildman–Crippen LogP) is -0.577. The summed E-state index contributed by atoms with van der Waals surface area (Å²) in [5, 5.41) is 8.76. The quantitative estimate of drug-likeness (QED) is 0.347. The summed E-state index contributed by atoms with van der Waals surface area (Å²) >= 11 is 0. The summed E-state index contributed by atoms with van der Waals surface area (Å²) in [5.41, 5.74) is 5.04. The molecule has 10 heavy (non-hydrogen) atoms. The Morgan fingerprint density at radius 2 is 1.70 bits per heavy atom. The van der Waals surface area contributed by atoms with Crippen LogP contribution in [0, 0.1) is 0 Å². The molecule has 0 bridgehead atoms. The third kappa shape index (κ3) is 0.907. The van der Waals surface area contributed by atoms with E-state index in [1.807, 2.05) is 0 Å². The van der Waals surface area contributed by atoms with Crippen molar-refractivity contribution in [1.29, 1.82) is 0 Å². The Labute approximate surface area is 56.6 Å². The van der Waals surface area contributed by atoms with Crippen molar-refractivity contribution < 1.29 is 14.7 Å². The average Bonchev–Trinajstić information content (AvgIpc) is 1.84. The summed E-state index contributed by atoms with van der Waals surface area (Å²) in [6, 6.07) is 0. The molecule has 1 aliphatic rings. The zero-order valence-electron chi connectivity index (χ0n) is 5.00. The minimum Gasteiger partial charge on any atom is -0.506 e. The van der Waals surface area contributed by atoms with Crippen LogP contribution in [-0.4, -0.2) is 16.7 Å². The van der Waals surface area contributed by atoms with Crippen LogP contribution in [0.4, 0.5) is 0 Å². The molecular weight excluding hydrogens is 134 g/mol. The molecule has 4 heteroatoms. The zero-order chi connectivity index (χ0) is 7.72. The van der Waals surface area contributed by atoms with Gasteiger partial charge in [0.15, 0.2) is 0 Å². The van der Waals surface area contributed by atoms with Gasteiger partial charge in [0.05, 0.1) is 5.70 Å². The smallest absolute Gasteiger partial charge is 0.229 e. The van der Waals surface area contributed by atoms with Gasteiger partial charge in [-0.1, -0.05) is 0 Å². The van der Waals surface area contributed by atoms with Gasteiger partial charge in [0.25, 0.3) is 0 Å². The van der Waals surface area contributed by atoms with E-state index < -0.39 is 11.6 Å². The predicted molar refractivity (Wildman–Crippen MR) is 33.0 cm³/mol. The van der Waals surface area contributed by atoms with E-state index in [4.69, 9.17) is 10.8 Å². The van der Waals surface area contributed by atoms with Gasteiger partial charge in [-0.2, -0.15) is 0 Å². The first kappa shape index (κ1) is 6.54. The number of hydrogen-bond acceptors (Lipinski definition) is 4. The number of carbonyl (C=O) groups excluding carboxylic acids is 2. The fourth-order valence-corrected chi connectivity index (χ4v) is 0.565. The maximum atomic E-state index is 10.5. The number of hydrogen-bond donors (Lipinski definition) is 2. The first-order chi connectivity index (χ1) is 4.61. The fourth-order valence-electron chi connectivity index (χ4n) is 0.565. The Balaban J connectivity index is 3.06. The van der Waals surface area contributed by atoms with E-state index in [2.05, 4.69) is 0 Å². The van der Waals surface area contributed by atoms with Gasteiger partial charge >= 0.3 is 0 Å². The Bertz CT molecular complexity index is 234. The summed E-state index contributed by atoms with van der Waals surface area (Å²) < 4.78 is 0. The molecule has 4 nitrogen and oxygen atoms in total. The highest BCUT2D eigenvalue weighted by Gasteiger charge is 2.16. The molecule has 3 N–H and O–H groups in total. The molecule has 1 rings (SSSR count). The first-order valence-corrected chi connectivity index (χ1v) is 2.58. The van der Waals surface area contributed by atoms with Crippen LogP contribution in [0.1, 0.15) is 0 Å². The Morgan fingerprint density at radius 1 is 1.20 bits per heavy atom. The molecular formula is C6H5NO3. The molecule has 0 atom stereocenters. The largest absolute Gasteiger partial charge is 0.506 e. The highest BCUT2D eigenvalue weighted by atomic mass is 16.3. The molecule has 0 aromatic rings. The molecule has 52 valence electrons. The number of aliphatic hydroxyl groups excluding tert-OH is 1. The minimum atomic E-state index is -0.744. The lowest BCUT2D eigenvalue weighted by Gasteiger charge is -2.02. The van der Waals surface area contributed by atoms with Crippen LogP contribution in [0.2, 0.25) is 0 Å². The van der Waals surface area contributed by atoms with Crippen molar-refractivity contribution in [1.82, 2.24) is 0 Å². The summed E-state index contributed by atoms with van der Waals surface area (Å²) in [4.78, 5) is 21.0. The number of nitrogens with two attached hydrogens (primary N) is 1. The molecule has 0 spiro atoms. The third-order valence-electron chi connectivity index (χ3n) is 1.09. The van der Waals surface area contributed by atoms with Crippen molar-refractivity contribution in [2.75, 3.05) is 0 Å². The Morgan fingerprint density at radius 3 is 2.20 bits per heavy atom. The van der Waals surface area contributed by atoms with Gasteiger partial charge in [0, 0.05) is 12.2 Å². The fraction of sp³-hybridized carbons (Fsp3) is 0. The molecule has 0 fully saturated rings. The number of ketones is 2. The second-order valence-corrected chi connectivity index (χ2v) is 1.86. The number of carbonyl (C=O) groups is 2. The summed E-state index contributed by atoms with van der Waals surface area (Å²) in [5.74, 6) is -1.79. The lowest BCUT2D eigenvalue weighted by atomic mass is 10.1. The number of aliphatic hydroxyl groups is 1. The maximum Gasteiger partial charge on any atom is 0.229 e. The Kier molecular flexibility index (Phi) is 1.30. The van der Waals surface area contributed by atoms with Gasteiger partial charge in [0.2, 0.25) is 11.6 Å². The molecule has 0 radical (unpaired) electrons. The van der Waals surface area contributed by atoms with Crippen molar-refractivity contribution in [3.63, 3.8) is 0 Å².